The first-order valence-corrected chi connectivity index (χ1v) is 71.4. The zero-order chi connectivity index (χ0) is 94.7. The molecule has 794 valence electrons. The molecule has 0 saturated carbocycles. The molecule has 0 saturated heterocycles. The molecule has 0 aromatic carbocycles. The molecule has 0 spiro atoms. The first-order valence-electron chi connectivity index (χ1n) is 62.8. The van der Waals surface area contributed by atoms with E-state index in [0.29, 0.717) is 0 Å². The molecular weight excluding hydrogens is 1670 g/mol. The van der Waals surface area contributed by atoms with Gasteiger partial charge in [-0.25, -0.2) is 0 Å². The molecule has 0 heterocycles. The number of hydrogen-bond acceptors (Lipinski definition) is 4. The van der Waals surface area contributed by atoms with Crippen molar-refractivity contribution in [2.75, 3.05) is 37.0 Å². The zero-order valence-corrected chi connectivity index (χ0v) is 95.5. The van der Waals surface area contributed by atoms with E-state index in [2.05, 4.69) is 41.5 Å². The average molecular weight is 1930 g/mol. The molecule has 0 bridgehead atoms. The second kappa shape index (κ2) is 111. The predicted molar refractivity (Wildman–Crippen MR) is 602 cm³/mol. The molecule has 0 atom stereocenters. The van der Waals surface area contributed by atoms with Gasteiger partial charge in [0, 0.05) is 0 Å². The van der Waals surface area contributed by atoms with E-state index < -0.39 is 24.2 Å². The first-order chi connectivity index (χ1) is 64.7. The molecule has 131 heavy (non-hydrogen) atoms. The minimum Gasteiger partial charge on any atom is -0.0654 e. The number of unbranched alkanes of at least 4 members (excludes halogenated alkanes) is 102. The van der Waals surface area contributed by atoms with Crippen molar-refractivity contribution in [3.63, 3.8) is 0 Å². The summed E-state index contributed by atoms with van der Waals surface area (Å²) in [5.41, 5.74) is 0. The van der Waals surface area contributed by atoms with Gasteiger partial charge in [0.15, 0.2) is 0 Å². The van der Waals surface area contributed by atoms with Crippen molar-refractivity contribution in [1.82, 2.24) is 0 Å². The van der Waals surface area contributed by atoms with E-state index in [4.69, 9.17) is 7.76 Å². The molecule has 0 unspecified atom stereocenters. The number of carbonyl (C=O) groups is 2. The molecule has 0 aromatic rings. The molecule has 0 aliphatic carbocycles. The summed E-state index contributed by atoms with van der Waals surface area (Å²) in [6.45, 7) is 17.6. The molecule has 0 rings (SSSR count). The zero-order valence-electron chi connectivity index (χ0n) is 92.6. The summed E-state index contributed by atoms with van der Waals surface area (Å²) in [6, 6.07) is -5.48. The monoisotopic (exact) mass is 1930 g/mol. The normalized spacial score (nSPS) is 12.5. The minimum atomic E-state index is -2.75. The van der Waals surface area contributed by atoms with Crippen LogP contribution in [0.15, 0.2) is 0 Å². The fourth-order valence-corrected chi connectivity index (χ4v) is 63.3. The summed E-state index contributed by atoms with van der Waals surface area (Å²) in [6.07, 6.45) is 158. The van der Waals surface area contributed by atoms with E-state index in [1.807, 2.05) is 0 Å². The fourth-order valence-electron chi connectivity index (χ4n) is 22.3. The molecule has 7 heteroatoms. The Bertz CT molecular complexity index is 1790. The van der Waals surface area contributed by atoms with E-state index >= 15 is 9.59 Å². The Balaban J connectivity index is 7.70. The maximum atomic E-state index is 15.2. The van der Waals surface area contributed by atoms with E-state index in [1.54, 1.807) is 13.8 Å². The van der Waals surface area contributed by atoms with Crippen molar-refractivity contribution in [2.45, 2.75) is 749 Å². The van der Waals surface area contributed by atoms with Crippen LogP contribution in [-0.2, 0) is 29.5 Å². The summed E-state index contributed by atoms with van der Waals surface area (Å²) >= 11 is -2.75. The third-order valence-corrected chi connectivity index (χ3v) is 63.3. The predicted octanol–water partition coefficient (Wildman–Crippen LogP) is 46.7. The molecule has 0 aliphatic rings. The topological polar surface area (TPSA) is 52.6 Å². The van der Waals surface area contributed by atoms with Crippen molar-refractivity contribution in [2.24, 2.45) is 0 Å². The summed E-state index contributed by atoms with van der Waals surface area (Å²) in [5, 5.41) is 0. The Morgan fingerprint density at radius 2 is 0.198 bits per heavy atom. The molecule has 0 amide bonds. The molecule has 0 radical (unpaired) electrons. The third-order valence-electron chi connectivity index (χ3n) is 31.0. The van der Waals surface area contributed by atoms with Gasteiger partial charge in [0.05, 0.1) is 0 Å². The maximum absolute atomic E-state index is 15.2. The molecule has 0 N–H and O–H groups in total. The number of carbonyl (C=O) groups excluding carboxylic acids is 2. The Hall–Kier alpha value is 0.294. The van der Waals surface area contributed by atoms with Gasteiger partial charge in [0.1, 0.15) is 0 Å². The second-order valence-corrected chi connectivity index (χ2v) is 64.2. The van der Waals surface area contributed by atoms with Crippen LogP contribution in [-0.4, -0.2) is 48.9 Å². The Morgan fingerprint density at radius 1 is 0.130 bits per heavy atom. The van der Waals surface area contributed by atoms with Crippen LogP contribution in [0.3, 0.4) is 0 Å². The van der Waals surface area contributed by atoms with E-state index in [9.17, 15) is 0 Å². The van der Waals surface area contributed by atoms with Crippen molar-refractivity contribution in [3.8, 4) is 0 Å². The number of rotatable bonds is 118. The van der Waals surface area contributed by atoms with E-state index in [0.717, 1.165) is 0 Å². The quantitative estimate of drug-likeness (QED) is 0.0346. The van der Waals surface area contributed by atoms with Gasteiger partial charge in [-0.05, 0) is 0 Å². The Labute approximate surface area is 833 Å². The summed E-state index contributed by atoms with van der Waals surface area (Å²) in [5.74, 6) is -0.191. The first kappa shape index (κ1) is 131. The van der Waals surface area contributed by atoms with Crippen molar-refractivity contribution in [3.05, 3.63) is 0 Å². The molecular formula is C124H254NiO4P2. The van der Waals surface area contributed by atoms with Crippen LogP contribution in [0.4, 0.5) is 0 Å². The molecule has 0 fully saturated rings. The fraction of sp³-hybridized carbons (Fsp3) is 0.984. The van der Waals surface area contributed by atoms with Crippen molar-refractivity contribution < 1.29 is 29.5 Å². The van der Waals surface area contributed by atoms with Gasteiger partial charge in [-0.2, -0.15) is 0 Å². The Kier molecular flexibility index (Phi) is 111. The van der Waals surface area contributed by atoms with Gasteiger partial charge in [-0.15, -0.1) is 0 Å². The van der Waals surface area contributed by atoms with Crippen LogP contribution in [0, 0.1) is 0 Å². The average Bonchev–Trinajstić information content (AvgIpc) is 0.716. The van der Waals surface area contributed by atoms with Gasteiger partial charge < -0.3 is 0 Å². The second-order valence-electron chi connectivity index (χ2n) is 44.2. The van der Waals surface area contributed by atoms with Gasteiger partial charge >= 0.3 is 528 Å². The summed E-state index contributed by atoms with van der Waals surface area (Å²) in [7, 11) is 0. The van der Waals surface area contributed by atoms with Crippen LogP contribution in [0.5, 0.6) is 0 Å². The van der Waals surface area contributed by atoms with Gasteiger partial charge in [-0.1, -0.05) is 311 Å². The van der Waals surface area contributed by atoms with E-state index in [-0.39, 0.29) is 11.9 Å². The van der Waals surface area contributed by atoms with Crippen LogP contribution in [0.2, 0.25) is 0 Å². The summed E-state index contributed by atoms with van der Waals surface area (Å²) in [4.78, 5) is 30.5. The van der Waals surface area contributed by atoms with Crippen molar-refractivity contribution >= 4 is 24.0 Å². The molecule has 4 nitrogen and oxygen atoms in total. The van der Waals surface area contributed by atoms with Gasteiger partial charge in [0.25, 0.3) is 0 Å². The molecule has 0 aliphatic heterocycles. The smallest absolute Gasteiger partial charge is 0.0654 e. The van der Waals surface area contributed by atoms with Crippen LogP contribution < -0.4 is 0 Å². The van der Waals surface area contributed by atoms with Crippen LogP contribution >= 0.6 is 12.1 Å². The van der Waals surface area contributed by atoms with E-state index in [1.165, 1.54) is 730 Å². The van der Waals surface area contributed by atoms with Crippen molar-refractivity contribution in [1.29, 1.82) is 0 Å². The Morgan fingerprint density at radius 3 is 0.267 bits per heavy atom. The standard InChI is InChI=1S/2C60H123P.2C2H4O2.Ni/c2*1-4-7-10-13-16-19-22-25-28-31-34-37-40-43-46-49-52-55-58-61(59-56-53-50-47-44-41-38-35-32-29-26-23-20-17-14-11-8-5-2)60-57-54-51-48-45-42-39-36-33-30-27-24-21-18-15-12-9-6-3;2*1-2(3)4;/h2*4-60H2,1-3H3;2*1H3,(H,3,4);. The number of hydrogen-bond donors (Lipinski definition) is 0. The third kappa shape index (κ3) is 90.1. The minimum absolute atomic E-state index is 0.0955. The van der Waals surface area contributed by atoms with Crippen LogP contribution in [0.25, 0.3) is 0 Å². The summed E-state index contributed by atoms with van der Waals surface area (Å²) < 4.78 is 15.9. The SMILES string of the molecule is CCCCCCCCCCCCCCCCCCCC[PH](CCCCCCCCCCCCCCCCCCCC)(CCCCCCCCCCCCCCCCCCCC)[Ni]([O]C(C)=O)([O]C(C)=O)[PH](CCCCCCCCCCCCCCCCCCCC)(CCCCCCCCCCCCCCCCCCCC)CCCCCCCCCCCCCCCCCCCC. The molecule has 0 aromatic heterocycles. The van der Waals surface area contributed by atoms with Gasteiger partial charge in [0.2, 0.25) is 0 Å². The van der Waals surface area contributed by atoms with Crippen LogP contribution in [0.1, 0.15) is 749 Å². The van der Waals surface area contributed by atoms with Gasteiger partial charge in [-0.3, -0.25) is 0 Å².